The Morgan fingerprint density at radius 3 is 2.28 bits per heavy atom. The van der Waals surface area contributed by atoms with E-state index in [0.717, 1.165) is 43.9 Å². The summed E-state index contributed by atoms with van der Waals surface area (Å²) in [5.74, 6) is -0.100. The quantitative estimate of drug-likeness (QED) is 0.268. The molecule has 2 aromatic heterocycles. The van der Waals surface area contributed by atoms with E-state index >= 15 is 0 Å². The Bertz CT molecular complexity index is 1570. The van der Waals surface area contributed by atoms with Crippen LogP contribution in [0.15, 0.2) is 72.8 Å². The van der Waals surface area contributed by atoms with Crippen LogP contribution in [0.5, 0.6) is 0 Å². The van der Waals surface area contributed by atoms with Crippen LogP contribution in [-0.4, -0.2) is 15.9 Å². The van der Waals surface area contributed by atoms with Crippen LogP contribution < -0.4 is 5.32 Å². The molecule has 6 heteroatoms. The summed E-state index contributed by atoms with van der Waals surface area (Å²) in [6.45, 7) is 8.26. The summed E-state index contributed by atoms with van der Waals surface area (Å²) < 4.78 is 13.4. The van der Waals surface area contributed by atoms with Crippen LogP contribution in [0.3, 0.4) is 0 Å². The van der Waals surface area contributed by atoms with Gasteiger partial charge in [0, 0.05) is 21.4 Å². The molecule has 0 bridgehead atoms. The zero-order chi connectivity index (χ0) is 25.4. The minimum Gasteiger partial charge on any atom is -0.298 e. The summed E-state index contributed by atoms with van der Waals surface area (Å²) in [6, 6.07) is 22.3. The molecule has 0 fully saturated rings. The molecule has 0 aliphatic carbocycles. The highest BCUT2D eigenvalue weighted by molar-refractivity contribution is 7.16. The van der Waals surface area contributed by atoms with Gasteiger partial charge in [-0.2, -0.15) is 0 Å². The summed E-state index contributed by atoms with van der Waals surface area (Å²) >= 11 is 1.40. The molecule has 1 N–H and O–H groups in total. The van der Waals surface area contributed by atoms with E-state index in [0.29, 0.717) is 16.6 Å². The molecular formula is C30H26FN3OS. The smallest absolute Gasteiger partial charge is 0.258 e. The first-order valence-corrected chi connectivity index (χ1v) is 12.7. The number of aryl methyl sites for hydroxylation is 2. The highest BCUT2D eigenvalue weighted by Crippen LogP contribution is 2.32. The number of benzene rings is 3. The number of carbonyl (C=O) groups excluding carboxylic acids is 1. The molecular weight excluding hydrogens is 469 g/mol. The van der Waals surface area contributed by atoms with Gasteiger partial charge in [-0.1, -0.05) is 49.7 Å². The normalized spacial score (nSPS) is 11.3. The summed E-state index contributed by atoms with van der Waals surface area (Å²) in [5, 5.41) is 4.27. The van der Waals surface area contributed by atoms with Gasteiger partial charge in [-0.3, -0.25) is 10.1 Å². The molecule has 3 aromatic carbocycles. The van der Waals surface area contributed by atoms with Crippen molar-refractivity contribution in [3.8, 4) is 22.5 Å². The summed E-state index contributed by atoms with van der Waals surface area (Å²) in [6.07, 6.45) is 0. The minimum atomic E-state index is -0.297. The van der Waals surface area contributed by atoms with Crippen LogP contribution in [-0.2, 0) is 0 Å². The van der Waals surface area contributed by atoms with Crippen molar-refractivity contribution >= 4 is 33.3 Å². The lowest BCUT2D eigenvalue weighted by atomic mass is 9.99. The number of pyridine rings is 1. The van der Waals surface area contributed by atoms with E-state index in [9.17, 15) is 9.18 Å². The van der Waals surface area contributed by atoms with Gasteiger partial charge in [-0.25, -0.2) is 14.4 Å². The maximum atomic E-state index is 13.5. The van der Waals surface area contributed by atoms with Gasteiger partial charge in [0.25, 0.3) is 5.91 Å². The van der Waals surface area contributed by atoms with Crippen molar-refractivity contribution < 1.29 is 9.18 Å². The fraction of sp³-hybridized carbons (Fsp3) is 0.167. The molecule has 0 aliphatic heterocycles. The maximum absolute atomic E-state index is 13.5. The Balaban J connectivity index is 1.52. The summed E-state index contributed by atoms with van der Waals surface area (Å²) in [7, 11) is 0. The zero-order valence-electron chi connectivity index (χ0n) is 20.6. The van der Waals surface area contributed by atoms with E-state index in [1.807, 2.05) is 38.1 Å². The van der Waals surface area contributed by atoms with Gasteiger partial charge < -0.3 is 0 Å². The lowest BCUT2D eigenvalue weighted by Gasteiger charge is -2.11. The molecule has 0 saturated carbocycles. The highest BCUT2D eigenvalue weighted by Gasteiger charge is 2.18. The lowest BCUT2D eigenvalue weighted by Crippen LogP contribution is -2.13. The molecule has 0 atom stereocenters. The summed E-state index contributed by atoms with van der Waals surface area (Å²) in [5.41, 5.74) is 6.86. The number of nitrogens with zero attached hydrogens (tertiary/aromatic N) is 2. The monoisotopic (exact) mass is 495 g/mol. The first kappa shape index (κ1) is 23.8. The number of hydrogen-bond donors (Lipinski definition) is 1. The molecule has 0 spiro atoms. The van der Waals surface area contributed by atoms with Gasteiger partial charge in [0.1, 0.15) is 5.82 Å². The third kappa shape index (κ3) is 4.77. The fourth-order valence-corrected chi connectivity index (χ4v) is 5.03. The Labute approximate surface area is 213 Å². The van der Waals surface area contributed by atoms with Crippen molar-refractivity contribution in [3.63, 3.8) is 0 Å². The Hall–Kier alpha value is -3.90. The van der Waals surface area contributed by atoms with Crippen LogP contribution in [0.1, 0.15) is 46.1 Å². The third-order valence-electron chi connectivity index (χ3n) is 6.22. The van der Waals surface area contributed by atoms with Crippen molar-refractivity contribution in [1.29, 1.82) is 0 Å². The van der Waals surface area contributed by atoms with Gasteiger partial charge in [-0.15, -0.1) is 11.3 Å². The van der Waals surface area contributed by atoms with Crippen LogP contribution >= 0.6 is 11.3 Å². The van der Waals surface area contributed by atoms with E-state index < -0.39 is 0 Å². The van der Waals surface area contributed by atoms with Gasteiger partial charge in [0.05, 0.1) is 22.5 Å². The lowest BCUT2D eigenvalue weighted by molar-refractivity contribution is 0.102. The van der Waals surface area contributed by atoms with Crippen molar-refractivity contribution in [2.24, 2.45) is 0 Å². The molecule has 1 amide bonds. The number of anilines is 1. The van der Waals surface area contributed by atoms with Crippen molar-refractivity contribution in [3.05, 3.63) is 100 Å². The fourth-order valence-electron chi connectivity index (χ4n) is 4.20. The number of thiazole rings is 1. The molecule has 5 rings (SSSR count). The predicted octanol–water partition coefficient (Wildman–Crippen LogP) is 8.16. The second-order valence-corrected chi connectivity index (χ2v) is 10.4. The molecule has 180 valence electrons. The number of halogens is 1. The highest BCUT2D eigenvalue weighted by atomic mass is 32.1. The average molecular weight is 496 g/mol. The average Bonchev–Trinajstić information content (AvgIpc) is 3.23. The second-order valence-electron chi connectivity index (χ2n) is 9.24. The van der Waals surface area contributed by atoms with E-state index in [-0.39, 0.29) is 11.7 Å². The van der Waals surface area contributed by atoms with Gasteiger partial charge >= 0.3 is 0 Å². The van der Waals surface area contributed by atoms with E-state index in [1.54, 1.807) is 12.1 Å². The van der Waals surface area contributed by atoms with Crippen LogP contribution in [0.25, 0.3) is 33.4 Å². The largest absolute Gasteiger partial charge is 0.298 e. The number of fused-ring (bicyclic) bond motifs is 1. The number of amides is 1. The van der Waals surface area contributed by atoms with Crippen molar-refractivity contribution in [2.75, 3.05) is 5.32 Å². The first-order chi connectivity index (χ1) is 17.3. The molecule has 5 aromatic rings. The Kier molecular flexibility index (Phi) is 6.37. The molecule has 0 unspecified atom stereocenters. The van der Waals surface area contributed by atoms with E-state index in [4.69, 9.17) is 4.98 Å². The SMILES string of the molecule is Cc1ccc2nc(-c3ccc(C(C)C)cc3)cc(C(=O)Nc3nc(-c4ccc(F)cc4)c(C)s3)c2c1. The molecule has 4 nitrogen and oxygen atoms in total. The second kappa shape index (κ2) is 9.63. The van der Waals surface area contributed by atoms with Crippen molar-refractivity contribution in [1.82, 2.24) is 9.97 Å². The molecule has 0 radical (unpaired) electrons. The Morgan fingerprint density at radius 1 is 0.889 bits per heavy atom. The molecule has 2 heterocycles. The summed E-state index contributed by atoms with van der Waals surface area (Å²) in [4.78, 5) is 24.0. The molecule has 36 heavy (non-hydrogen) atoms. The zero-order valence-corrected chi connectivity index (χ0v) is 21.4. The minimum absolute atomic E-state index is 0.243. The topological polar surface area (TPSA) is 54.9 Å². The number of nitrogens with one attached hydrogen (secondary N) is 1. The van der Waals surface area contributed by atoms with Gasteiger partial charge in [0.15, 0.2) is 5.13 Å². The van der Waals surface area contributed by atoms with Crippen LogP contribution in [0.4, 0.5) is 9.52 Å². The number of rotatable bonds is 5. The predicted molar refractivity (Wildman–Crippen MR) is 146 cm³/mol. The first-order valence-electron chi connectivity index (χ1n) is 11.8. The van der Waals surface area contributed by atoms with E-state index in [2.05, 4.69) is 48.4 Å². The third-order valence-corrected chi connectivity index (χ3v) is 7.10. The maximum Gasteiger partial charge on any atom is 0.258 e. The van der Waals surface area contributed by atoms with Crippen LogP contribution in [0.2, 0.25) is 0 Å². The van der Waals surface area contributed by atoms with Gasteiger partial charge in [-0.05, 0) is 67.8 Å². The van der Waals surface area contributed by atoms with Gasteiger partial charge in [0.2, 0.25) is 0 Å². The number of aromatic nitrogens is 2. The standard InChI is InChI=1S/C30H26FN3OS/c1-17(2)20-6-8-21(9-7-20)27-16-25(24-15-18(3)5-14-26(24)32-27)29(35)34-30-33-28(19(4)36-30)22-10-12-23(31)13-11-22/h5-17H,1-4H3,(H,33,34,35). The van der Waals surface area contributed by atoms with E-state index in [1.165, 1.54) is 29.0 Å². The number of carbonyl (C=O) groups is 1. The number of hydrogen-bond acceptors (Lipinski definition) is 4. The molecule has 0 saturated heterocycles. The van der Waals surface area contributed by atoms with Crippen LogP contribution in [0, 0.1) is 19.7 Å². The van der Waals surface area contributed by atoms with Crippen molar-refractivity contribution in [2.45, 2.75) is 33.6 Å². The molecule has 0 aliphatic rings. The Morgan fingerprint density at radius 2 is 1.58 bits per heavy atom.